The highest BCUT2D eigenvalue weighted by Crippen LogP contribution is 2.31. The molecule has 0 atom stereocenters. The summed E-state index contributed by atoms with van der Waals surface area (Å²) in [5.41, 5.74) is 1.12. The summed E-state index contributed by atoms with van der Waals surface area (Å²) in [4.78, 5) is 12.6. The number of rotatable bonds is 9. The molecule has 0 bridgehead atoms. The number of nitrogens with zero attached hydrogens (tertiary/aromatic N) is 4. The van der Waals surface area contributed by atoms with Crippen molar-refractivity contribution in [2.24, 2.45) is 0 Å². The van der Waals surface area contributed by atoms with Crippen molar-refractivity contribution < 1.29 is 23.7 Å². The van der Waals surface area contributed by atoms with E-state index in [1.165, 1.54) is 23.6 Å². The van der Waals surface area contributed by atoms with Crippen molar-refractivity contribution >= 4 is 17.5 Å². The summed E-state index contributed by atoms with van der Waals surface area (Å²) in [7, 11) is 6.20. The van der Waals surface area contributed by atoms with Crippen LogP contribution in [0, 0.1) is 0 Å². The van der Waals surface area contributed by atoms with Crippen LogP contribution in [0.25, 0.3) is 5.69 Å². The monoisotopic (exact) mass is 416 g/mol. The quantitative estimate of drug-likeness (QED) is 0.385. The summed E-state index contributed by atoms with van der Waals surface area (Å²) in [5.74, 6) is 2.31. The smallest absolute Gasteiger partial charge is 0.214 e. The van der Waals surface area contributed by atoms with Gasteiger partial charge in [0.25, 0.3) is 0 Å². The Balaban J connectivity index is 1.80. The first-order chi connectivity index (χ1) is 14.1. The predicted octanol–water partition coefficient (Wildman–Crippen LogP) is 2.67. The average molecular weight is 416 g/mol. The minimum absolute atomic E-state index is 0.0943. The standard InChI is InChI=1S/C19H20N4O5S/c1-25-13-6-8-16(26-2)14(10-13)23-19(20-21-22-23)29-11-15(24)12-5-7-17(27-3)18(9-12)28-4/h5-10H,11H2,1-4H3. The molecular weight excluding hydrogens is 396 g/mol. The minimum Gasteiger partial charge on any atom is -0.497 e. The fraction of sp³-hybridized carbons (Fsp3) is 0.263. The van der Waals surface area contributed by atoms with Gasteiger partial charge in [0, 0.05) is 11.6 Å². The summed E-state index contributed by atoms with van der Waals surface area (Å²) in [5, 5.41) is 12.2. The molecule has 0 spiro atoms. The highest BCUT2D eigenvalue weighted by atomic mass is 32.2. The van der Waals surface area contributed by atoms with E-state index in [9.17, 15) is 4.79 Å². The molecule has 0 unspecified atom stereocenters. The van der Waals surface area contributed by atoms with Gasteiger partial charge in [-0.1, -0.05) is 11.8 Å². The molecule has 1 heterocycles. The van der Waals surface area contributed by atoms with Crippen LogP contribution >= 0.6 is 11.8 Å². The van der Waals surface area contributed by atoms with Crippen molar-refractivity contribution in [3.63, 3.8) is 0 Å². The molecule has 152 valence electrons. The Morgan fingerprint density at radius 3 is 2.34 bits per heavy atom. The van der Waals surface area contributed by atoms with E-state index in [4.69, 9.17) is 18.9 Å². The Hall–Kier alpha value is -3.27. The molecule has 0 fully saturated rings. The Morgan fingerprint density at radius 1 is 0.931 bits per heavy atom. The second-order valence-corrected chi connectivity index (χ2v) is 6.64. The van der Waals surface area contributed by atoms with Gasteiger partial charge in [0.1, 0.15) is 17.2 Å². The van der Waals surface area contributed by atoms with Gasteiger partial charge in [-0.05, 0) is 40.8 Å². The number of methoxy groups -OCH3 is 4. The minimum atomic E-state index is -0.0943. The largest absolute Gasteiger partial charge is 0.497 e. The molecule has 3 rings (SSSR count). The van der Waals surface area contributed by atoms with Gasteiger partial charge in [-0.15, -0.1) is 5.10 Å². The summed E-state index contributed by atoms with van der Waals surface area (Å²) in [6, 6.07) is 10.3. The second-order valence-electron chi connectivity index (χ2n) is 5.69. The molecule has 0 radical (unpaired) electrons. The molecular formula is C19H20N4O5S. The van der Waals surface area contributed by atoms with Gasteiger partial charge < -0.3 is 18.9 Å². The normalized spacial score (nSPS) is 10.5. The van der Waals surface area contributed by atoms with E-state index in [2.05, 4.69) is 15.5 Å². The van der Waals surface area contributed by atoms with Crippen LogP contribution < -0.4 is 18.9 Å². The Kier molecular flexibility index (Phi) is 6.55. The first-order valence-electron chi connectivity index (χ1n) is 8.50. The molecule has 0 N–H and O–H groups in total. The molecule has 0 aliphatic rings. The van der Waals surface area contributed by atoms with E-state index in [0.29, 0.717) is 39.4 Å². The predicted molar refractivity (Wildman–Crippen MR) is 107 cm³/mol. The zero-order chi connectivity index (χ0) is 20.8. The SMILES string of the molecule is COc1ccc(OC)c(-n2nnnc2SCC(=O)c2ccc(OC)c(OC)c2)c1. The van der Waals surface area contributed by atoms with Gasteiger partial charge in [0.2, 0.25) is 5.16 Å². The van der Waals surface area contributed by atoms with E-state index in [0.717, 1.165) is 0 Å². The van der Waals surface area contributed by atoms with Gasteiger partial charge in [0.05, 0.1) is 34.2 Å². The maximum Gasteiger partial charge on any atom is 0.214 e. The average Bonchev–Trinajstić information content (AvgIpc) is 3.24. The molecule has 0 saturated carbocycles. The molecule has 1 aromatic heterocycles. The summed E-state index contributed by atoms with van der Waals surface area (Å²) < 4.78 is 22.6. The molecule has 0 amide bonds. The van der Waals surface area contributed by atoms with Crippen LogP contribution in [0.4, 0.5) is 0 Å². The Labute approximate surface area is 171 Å². The molecule has 9 nitrogen and oxygen atoms in total. The number of carbonyl (C=O) groups excluding carboxylic acids is 1. The fourth-order valence-electron chi connectivity index (χ4n) is 2.61. The molecule has 10 heteroatoms. The summed E-state index contributed by atoms with van der Waals surface area (Å²) >= 11 is 1.22. The molecule has 0 saturated heterocycles. The highest BCUT2D eigenvalue weighted by Gasteiger charge is 2.17. The van der Waals surface area contributed by atoms with Crippen LogP contribution in [0.5, 0.6) is 23.0 Å². The summed E-state index contributed by atoms with van der Waals surface area (Å²) in [6.07, 6.45) is 0. The number of ketones is 1. The zero-order valence-electron chi connectivity index (χ0n) is 16.4. The first-order valence-corrected chi connectivity index (χ1v) is 9.48. The molecule has 3 aromatic rings. The van der Waals surface area contributed by atoms with Gasteiger partial charge in [0.15, 0.2) is 17.3 Å². The number of tetrazole rings is 1. The van der Waals surface area contributed by atoms with Crippen molar-refractivity contribution in [2.45, 2.75) is 5.16 Å². The lowest BCUT2D eigenvalue weighted by molar-refractivity contribution is 0.102. The van der Waals surface area contributed by atoms with Crippen LogP contribution in [0.15, 0.2) is 41.6 Å². The van der Waals surface area contributed by atoms with E-state index < -0.39 is 0 Å². The van der Waals surface area contributed by atoms with Crippen LogP contribution in [0.3, 0.4) is 0 Å². The number of thioether (sulfide) groups is 1. The number of ether oxygens (including phenoxy) is 4. The number of aromatic nitrogens is 4. The first kappa shape index (κ1) is 20.5. The molecule has 0 aliphatic heterocycles. The van der Waals surface area contributed by atoms with E-state index in [1.807, 2.05) is 0 Å². The van der Waals surface area contributed by atoms with Crippen LogP contribution in [0.1, 0.15) is 10.4 Å². The molecule has 2 aromatic carbocycles. The van der Waals surface area contributed by atoms with Gasteiger partial charge >= 0.3 is 0 Å². The van der Waals surface area contributed by atoms with E-state index in [-0.39, 0.29) is 11.5 Å². The van der Waals surface area contributed by atoms with Crippen molar-refractivity contribution in [3.05, 3.63) is 42.0 Å². The fourth-order valence-corrected chi connectivity index (χ4v) is 3.38. The second kappa shape index (κ2) is 9.28. The van der Waals surface area contributed by atoms with Crippen molar-refractivity contribution in [3.8, 4) is 28.7 Å². The lowest BCUT2D eigenvalue weighted by Crippen LogP contribution is -2.06. The number of benzene rings is 2. The number of hydrogen-bond acceptors (Lipinski definition) is 9. The van der Waals surface area contributed by atoms with E-state index in [1.54, 1.807) is 57.7 Å². The number of hydrogen-bond donors (Lipinski definition) is 0. The summed E-state index contributed by atoms with van der Waals surface area (Å²) in [6.45, 7) is 0. The van der Waals surface area contributed by atoms with Crippen molar-refractivity contribution in [1.82, 2.24) is 20.2 Å². The van der Waals surface area contributed by atoms with Crippen molar-refractivity contribution in [1.29, 1.82) is 0 Å². The molecule has 29 heavy (non-hydrogen) atoms. The van der Waals surface area contributed by atoms with Crippen LogP contribution in [-0.2, 0) is 0 Å². The lowest BCUT2D eigenvalue weighted by atomic mass is 10.1. The zero-order valence-corrected chi connectivity index (χ0v) is 17.2. The Morgan fingerprint density at radius 2 is 1.66 bits per heavy atom. The van der Waals surface area contributed by atoms with Gasteiger partial charge in [-0.3, -0.25) is 4.79 Å². The van der Waals surface area contributed by atoms with Crippen molar-refractivity contribution in [2.75, 3.05) is 34.2 Å². The maximum absolute atomic E-state index is 12.6. The third kappa shape index (κ3) is 4.43. The van der Waals surface area contributed by atoms with Gasteiger partial charge in [-0.2, -0.15) is 4.68 Å². The van der Waals surface area contributed by atoms with Crippen LogP contribution in [-0.4, -0.2) is 60.2 Å². The van der Waals surface area contributed by atoms with E-state index >= 15 is 0 Å². The topological polar surface area (TPSA) is 97.6 Å². The maximum atomic E-state index is 12.6. The third-order valence-electron chi connectivity index (χ3n) is 4.09. The molecule has 0 aliphatic carbocycles. The van der Waals surface area contributed by atoms with Gasteiger partial charge in [-0.25, -0.2) is 0 Å². The lowest BCUT2D eigenvalue weighted by Gasteiger charge is -2.11. The number of carbonyl (C=O) groups is 1. The van der Waals surface area contributed by atoms with Crippen LogP contribution in [0.2, 0.25) is 0 Å². The number of Topliss-reactive ketones (excluding diaryl/α,β-unsaturated/α-hetero) is 1. The highest BCUT2D eigenvalue weighted by molar-refractivity contribution is 7.99. The Bertz CT molecular complexity index is 1010. The third-order valence-corrected chi connectivity index (χ3v) is 5.01.